The summed E-state index contributed by atoms with van der Waals surface area (Å²) >= 11 is 0. The van der Waals surface area contributed by atoms with E-state index >= 15 is 0 Å². The molecule has 2 aromatic rings. The lowest BCUT2D eigenvalue weighted by molar-refractivity contribution is 0.183. The molecule has 3 rings (SSSR count). The van der Waals surface area contributed by atoms with Crippen LogP contribution in [0.5, 0.6) is 0 Å². The molecular formula is C30H46FN3. The first-order chi connectivity index (χ1) is 16.4. The molecule has 0 spiro atoms. The Morgan fingerprint density at radius 2 is 1.50 bits per heavy atom. The summed E-state index contributed by atoms with van der Waals surface area (Å²) in [6.07, 6.45) is 6.70. The molecule has 0 aliphatic carbocycles. The number of rotatable bonds is 12. The van der Waals surface area contributed by atoms with Gasteiger partial charge in [0.15, 0.2) is 0 Å². The van der Waals surface area contributed by atoms with Crippen molar-refractivity contribution in [3.8, 4) is 0 Å². The summed E-state index contributed by atoms with van der Waals surface area (Å²) in [4.78, 5) is 5.24. The fourth-order valence-corrected chi connectivity index (χ4v) is 4.91. The first kappa shape index (κ1) is 26.7. The maximum Gasteiger partial charge on any atom is 0.123 e. The van der Waals surface area contributed by atoms with E-state index in [4.69, 9.17) is 5.73 Å². The average Bonchev–Trinajstić information content (AvgIpc) is 2.84. The lowest BCUT2D eigenvalue weighted by Gasteiger charge is -2.41. The zero-order valence-electron chi connectivity index (χ0n) is 21.8. The number of aryl methyl sites for hydroxylation is 2. The van der Waals surface area contributed by atoms with Gasteiger partial charge < -0.3 is 15.5 Å². The molecule has 188 valence electrons. The number of nitrogens with zero attached hydrogens (tertiary/aromatic N) is 2. The summed E-state index contributed by atoms with van der Waals surface area (Å²) in [6, 6.07) is 16.9. The Labute approximate surface area is 207 Å². The second-order valence-corrected chi connectivity index (χ2v) is 10.7. The molecule has 2 N–H and O–H groups in total. The zero-order valence-corrected chi connectivity index (χ0v) is 21.8. The Kier molecular flexibility index (Phi) is 10.4. The van der Waals surface area contributed by atoms with Gasteiger partial charge in [0.25, 0.3) is 0 Å². The van der Waals surface area contributed by atoms with Crippen LogP contribution in [0.15, 0.2) is 48.5 Å². The molecule has 0 bridgehead atoms. The van der Waals surface area contributed by atoms with Crippen LogP contribution in [0, 0.1) is 17.7 Å². The molecule has 1 aliphatic rings. The topological polar surface area (TPSA) is 32.5 Å². The van der Waals surface area contributed by atoms with E-state index in [0.29, 0.717) is 17.9 Å². The highest BCUT2D eigenvalue weighted by molar-refractivity contribution is 5.49. The smallest absolute Gasteiger partial charge is 0.123 e. The largest absolute Gasteiger partial charge is 0.368 e. The Morgan fingerprint density at radius 3 is 2.03 bits per heavy atom. The molecule has 4 heteroatoms. The third-order valence-electron chi connectivity index (χ3n) is 7.67. The molecule has 2 aromatic carbocycles. The highest BCUT2D eigenvalue weighted by atomic mass is 19.1. The van der Waals surface area contributed by atoms with Crippen molar-refractivity contribution in [2.75, 3.05) is 31.1 Å². The fraction of sp³-hybridized carbons (Fsp3) is 0.600. The SMILES string of the molecule is CCC(C)[C@H](N)CN1CCC(N(CCC(C)C)c2ccc(CCc3ccc(F)cc3)cc2)CC1. The average molecular weight is 468 g/mol. The van der Waals surface area contributed by atoms with Crippen LogP contribution in [0.1, 0.15) is 64.5 Å². The molecule has 0 aromatic heterocycles. The van der Waals surface area contributed by atoms with E-state index in [-0.39, 0.29) is 11.9 Å². The van der Waals surface area contributed by atoms with Gasteiger partial charge in [-0.05, 0) is 79.3 Å². The lowest BCUT2D eigenvalue weighted by atomic mass is 9.96. The van der Waals surface area contributed by atoms with Gasteiger partial charge in [-0.25, -0.2) is 4.39 Å². The number of nitrogens with two attached hydrogens (primary N) is 1. The van der Waals surface area contributed by atoms with Gasteiger partial charge in [-0.3, -0.25) is 0 Å². The first-order valence-corrected chi connectivity index (χ1v) is 13.4. The van der Waals surface area contributed by atoms with Gasteiger partial charge in [0.2, 0.25) is 0 Å². The Hall–Kier alpha value is -1.91. The van der Waals surface area contributed by atoms with Crippen LogP contribution in [0.25, 0.3) is 0 Å². The summed E-state index contributed by atoms with van der Waals surface area (Å²) in [7, 11) is 0. The van der Waals surface area contributed by atoms with E-state index in [1.807, 2.05) is 12.1 Å². The third kappa shape index (κ3) is 8.09. The third-order valence-corrected chi connectivity index (χ3v) is 7.67. The van der Waals surface area contributed by atoms with Gasteiger partial charge in [0.05, 0.1) is 0 Å². The van der Waals surface area contributed by atoms with E-state index < -0.39 is 0 Å². The van der Waals surface area contributed by atoms with E-state index in [1.54, 1.807) is 12.1 Å². The number of hydrogen-bond acceptors (Lipinski definition) is 3. The van der Waals surface area contributed by atoms with Crippen LogP contribution in [0.4, 0.5) is 10.1 Å². The number of likely N-dealkylation sites (tertiary alicyclic amines) is 1. The highest BCUT2D eigenvalue weighted by Crippen LogP contribution is 2.26. The van der Waals surface area contributed by atoms with E-state index in [1.165, 1.54) is 36.1 Å². The van der Waals surface area contributed by atoms with Crippen LogP contribution < -0.4 is 10.6 Å². The zero-order chi connectivity index (χ0) is 24.5. The molecule has 0 saturated carbocycles. The predicted octanol–water partition coefficient (Wildman–Crippen LogP) is 6.30. The maximum atomic E-state index is 13.1. The van der Waals surface area contributed by atoms with Crippen molar-refractivity contribution in [1.29, 1.82) is 0 Å². The van der Waals surface area contributed by atoms with Gasteiger partial charge >= 0.3 is 0 Å². The van der Waals surface area contributed by atoms with E-state index in [9.17, 15) is 4.39 Å². The van der Waals surface area contributed by atoms with Gasteiger partial charge in [-0.1, -0.05) is 58.4 Å². The normalized spacial score (nSPS) is 17.1. The number of anilines is 1. The van der Waals surface area contributed by atoms with Crippen molar-refractivity contribution in [1.82, 2.24) is 4.90 Å². The van der Waals surface area contributed by atoms with Crippen molar-refractivity contribution in [2.24, 2.45) is 17.6 Å². The van der Waals surface area contributed by atoms with Crippen molar-refractivity contribution in [2.45, 2.75) is 78.3 Å². The van der Waals surface area contributed by atoms with Gasteiger partial charge in [-0.2, -0.15) is 0 Å². The van der Waals surface area contributed by atoms with E-state index in [0.717, 1.165) is 45.4 Å². The second-order valence-electron chi connectivity index (χ2n) is 10.7. The van der Waals surface area contributed by atoms with Crippen LogP contribution in [0.2, 0.25) is 0 Å². The minimum Gasteiger partial charge on any atom is -0.368 e. The molecule has 2 atom stereocenters. The highest BCUT2D eigenvalue weighted by Gasteiger charge is 2.26. The molecule has 0 radical (unpaired) electrons. The monoisotopic (exact) mass is 467 g/mol. The minimum atomic E-state index is -0.168. The van der Waals surface area contributed by atoms with Crippen molar-refractivity contribution >= 4 is 5.69 Å². The molecule has 1 fully saturated rings. The van der Waals surface area contributed by atoms with Crippen LogP contribution in [-0.2, 0) is 12.8 Å². The maximum absolute atomic E-state index is 13.1. The second kappa shape index (κ2) is 13.3. The molecule has 1 aliphatic heterocycles. The van der Waals surface area contributed by atoms with Gasteiger partial charge in [0, 0.05) is 44.0 Å². The van der Waals surface area contributed by atoms with Crippen molar-refractivity contribution in [3.63, 3.8) is 0 Å². The van der Waals surface area contributed by atoms with Crippen LogP contribution >= 0.6 is 0 Å². The van der Waals surface area contributed by atoms with Crippen molar-refractivity contribution < 1.29 is 4.39 Å². The molecule has 1 saturated heterocycles. The summed E-state index contributed by atoms with van der Waals surface area (Å²) in [6.45, 7) is 13.6. The molecule has 1 unspecified atom stereocenters. The number of halogens is 1. The lowest BCUT2D eigenvalue weighted by Crippen LogP contribution is -2.49. The molecule has 1 heterocycles. The van der Waals surface area contributed by atoms with Crippen molar-refractivity contribution in [3.05, 3.63) is 65.5 Å². The van der Waals surface area contributed by atoms with Crippen LogP contribution in [-0.4, -0.2) is 43.2 Å². The number of benzene rings is 2. The first-order valence-electron chi connectivity index (χ1n) is 13.4. The minimum absolute atomic E-state index is 0.168. The molecule has 34 heavy (non-hydrogen) atoms. The number of hydrogen-bond donors (Lipinski definition) is 1. The fourth-order valence-electron chi connectivity index (χ4n) is 4.91. The Balaban J connectivity index is 1.59. The predicted molar refractivity (Wildman–Crippen MR) is 144 cm³/mol. The molecule has 3 nitrogen and oxygen atoms in total. The molecule has 0 amide bonds. The standard InChI is InChI=1S/C30H46FN3/c1-5-24(4)30(32)22-33-19-17-29(18-20-33)34(21-16-23(2)3)28-14-10-26(11-15-28)7-6-25-8-12-27(31)13-9-25/h8-15,23-24,29-30H,5-7,16-22,32H2,1-4H3/t24?,30-/m1/s1. The Morgan fingerprint density at radius 1 is 0.941 bits per heavy atom. The number of piperidine rings is 1. The van der Waals surface area contributed by atoms with Gasteiger partial charge in [0.1, 0.15) is 5.82 Å². The summed E-state index contributed by atoms with van der Waals surface area (Å²) < 4.78 is 13.1. The van der Waals surface area contributed by atoms with Gasteiger partial charge in [-0.15, -0.1) is 0 Å². The molecular weight excluding hydrogens is 421 g/mol. The van der Waals surface area contributed by atoms with E-state index in [2.05, 4.69) is 61.8 Å². The summed E-state index contributed by atoms with van der Waals surface area (Å²) in [5, 5.41) is 0. The quantitative estimate of drug-likeness (QED) is 0.397. The Bertz CT molecular complexity index is 825. The summed E-state index contributed by atoms with van der Waals surface area (Å²) in [5.74, 6) is 1.12. The summed E-state index contributed by atoms with van der Waals surface area (Å²) in [5.41, 5.74) is 10.3. The van der Waals surface area contributed by atoms with Crippen LogP contribution in [0.3, 0.4) is 0 Å².